The molecular formula is C6H10NO2. The summed E-state index contributed by atoms with van der Waals surface area (Å²) in [7, 11) is 1.52. The lowest BCUT2D eigenvalue weighted by molar-refractivity contribution is 0.114. The van der Waals surface area contributed by atoms with Crippen LogP contribution in [0.4, 0.5) is 0 Å². The molecule has 0 aliphatic carbocycles. The zero-order valence-electron chi connectivity index (χ0n) is 5.46. The zero-order chi connectivity index (χ0) is 7.11. The molecule has 0 spiro atoms. The topological polar surface area (TPSA) is 29.5 Å². The lowest BCUT2D eigenvalue weighted by Crippen LogP contribution is -2.23. The first-order valence-corrected chi connectivity index (χ1v) is 2.57. The van der Waals surface area contributed by atoms with E-state index in [-0.39, 0.29) is 6.73 Å². The van der Waals surface area contributed by atoms with Crippen molar-refractivity contribution in [3.05, 3.63) is 12.7 Å². The van der Waals surface area contributed by atoms with Crippen molar-refractivity contribution in [2.75, 3.05) is 20.4 Å². The van der Waals surface area contributed by atoms with E-state index in [0.717, 1.165) is 0 Å². The van der Waals surface area contributed by atoms with Gasteiger partial charge in [-0.25, -0.2) is 0 Å². The standard InChI is InChI=1S/C6H10NO2/c1-3-4-7(5-8)6-9-2/h3H,1,4,6H2,2H3. The van der Waals surface area contributed by atoms with E-state index >= 15 is 0 Å². The van der Waals surface area contributed by atoms with Gasteiger partial charge in [-0.05, 0) is 0 Å². The molecule has 51 valence electrons. The van der Waals surface area contributed by atoms with E-state index in [1.165, 1.54) is 12.0 Å². The Morgan fingerprint density at radius 3 is 2.89 bits per heavy atom. The third kappa shape index (κ3) is 3.73. The van der Waals surface area contributed by atoms with Crippen LogP contribution in [0.2, 0.25) is 0 Å². The molecule has 0 saturated carbocycles. The summed E-state index contributed by atoms with van der Waals surface area (Å²) in [5.41, 5.74) is 0. The van der Waals surface area contributed by atoms with Gasteiger partial charge in [0.05, 0.1) is 0 Å². The molecule has 9 heavy (non-hydrogen) atoms. The van der Waals surface area contributed by atoms with E-state index in [1.807, 2.05) is 0 Å². The monoisotopic (exact) mass is 128 g/mol. The van der Waals surface area contributed by atoms with Crippen LogP contribution in [0.25, 0.3) is 0 Å². The molecule has 0 saturated heterocycles. The number of hydrogen-bond donors (Lipinski definition) is 0. The van der Waals surface area contributed by atoms with Gasteiger partial charge in [0, 0.05) is 13.7 Å². The number of amides is 1. The second kappa shape index (κ2) is 5.31. The Morgan fingerprint density at radius 1 is 1.89 bits per heavy atom. The molecule has 0 unspecified atom stereocenters. The van der Waals surface area contributed by atoms with Gasteiger partial charge in [0.1, 0.15) is 6.73 Å². The average Bonchev–Trinajstić information content (AvgIpc) is 1.88. The van der Waals surface area contributed by atoms with Crippen LogP contribution in [-0.4, -0.2) is 31.7 Å². The predicted octanol–water partition coefficient (Wildman–Crippen LogP) is 0.145. The van der Waals surface area contributed by atoms with Crippen LogP contribution in [0.3, 0.4) is 0 Å². The number of carbonyl (C=O) groups excluding carboxylic acids is 1. The summed E-state index contributed by atoms with van der Waals surface area (Å²) in [6, 6.07) is 0. The van der Waals surface area contributed by atoms with Crippen LogP contribution in [0, 0.1) is 0 Å². The Balaban J connectivity index is 3.40. The minimum atomic E-state index is 0.273. The van der Waals surface area contributed by atoms with Crippen molar-refractivity contribution in [3.63, 3.8) is 0 Å². The van der Waals surface area contributed by atoms with Crippen molar-refractivity contribution in [2.45, 2.75) is 0 Å². The van der Waals surface area contributed by atoms with Gasteiger partial charge in [0.15, 0.2) is 0 Å². The largest absolute Gasteiger partial charge is 0.364 e. The molecule has 0 rings (SSSR count). The quantitative estimate of drug-likeness (QED) is 0.299. The Bertz CT molecular complexity index is 93.1. The van der Waals surface area contributed by atoms with Gasteiger partial charge in [0.2, 0.25) is 0 Å². The second-order valence-corrected chi connectivity index (χ2v) is 1.52. The van der Waals surface area contributed by atoms with E-state index in [0.29, 0.717) is 6.54 Å². The molecule has 1 amide bonds. The summed E-state index contributed by atoms with van der Waals surface area (Å²) >= 11 is 0. The van der Waals surface area contributed by atoms with Crippen molar-refractivity contribution < 1.29 is 9.53 Å². The van der Waals surface area contributed by atoms with E-state index in [9.17, 15) is 4.79 Å². The maximum absolute atomic E-state index is 9.96. The number of methoxy groups -OCH3 is 1. The molecule has 0 N–H and O–H groups in total. The molecule has 0 fully saturated rings. The molecule has 0 aromatic carbocycles. The van der Waals surface area contributed by atoms with Crippen LogP contribution < -0.4 is 0 Å². The summed E-state index contributed by atoms with van der Waals surface area (Å²) < 4.78 is 4.66. The summed E-state index contributed by atoms with van der Waals surface area (Å²) in [4.78, 5) is 11.3. The van der Waals surface area contributed by atoms with Crippen molar-refractivity contribution in [2.24, 2.45) is 0 Å². The highest BCUT2D eigenvalue weighted by Gasteiger charge is 1.95. The molecular weight excluding hydrogens is 118 g/mol. The first-order valence-electron chi connectivity index (χ1n) is 2.57. The van der Waals surface area contributed by atoms with Crippen molar-refractivity contribution in [1.29, 1.82) is 0 Å². The van der Waals surface area contributed by atoms with Crippen LogP contribution >= 0.6 is 0 Å². The molecule has 0 atom stereocenters. The second-order valence-electron chi connectivity index (χ2n) is 1.52. The minimum Gasteiger partial charge on any atom is -0.364 e. The maximum atomic E-state index is 9.96. The fourth-order valence-electron chi connectivity index (χ4n) is 0.428. The number of hydrogen-bond acceptors (Lipinski definition) is 2. The van der Waals surface area contributed by atoms with Gasteiger partial charge in [-0.3, -0.25) is 4.79 Å². The van der Waals surface area contributed by atoms with Crippen LogP contribution in [0.1, 0.15) is 0 Å². The lowest BCUT2D eigenvalue weighted by atomic mass is 10.6. The molecule has 0 bridgehead atoms. The number of ether oxygens (including phenoxy) is 1. The van der Waals surface area contributed by atoms with Crippen molar-refractivity contribution in [3.8, 4) is 0 Å². The highest BCUT2D eigenvalue weighted by molar-refractivity contribution is 5.47. The van der Waals surface area contributed by atoms with Crippen molar-refractivity contribution >= 4 is 6.41 Å². The summed E-state index contributed by atoms with van der Waals surface area (Å²) in [5.74, 6) is 0. The average molecular weight is 128 g/mol. The summed E-state index contributed by atoms with van der Waals surface area (Å²) in [5, 5.41) is 0. The Hall–Kier alpha value is -0.830. The van der Waals surface area contributed by atoms with Gasteiger partial charge >= 0.3 is 6.41 Å². The third-order valence-electron chi connectivity index (χ3n) is 0.764. The summed E-state index contributed by atoms with van der Waals surface area (Å²) in [6.45, 7) is 4.21. The highest BCUT2D eigenvalue weighted by atomic mass is 16.5. The van der Waals surface area contributed by atoms with Crippen molar-refractivity contribution in [1.82, 2.24) is 4.90 Å². The first-order chi connectivity index (χ1) is 4.35. The molecule has 3 nitrogen and oxygen atoms in total. The molecule has 0 aromatic heterocycles. The predicted molar refractivity (Wildman–Crippen MR) is 34.5 cm³/mol. The normalized spacial score (nSPS) is 8.56. The van der Waals surface area contributed by atoms with Crippen LogP contribution in [-0.2, 0) is 9.53 Å². The smallest absolute Gasteiger partial charge is 0.314 e. The van der Waals surface area contributed by atoms with Gasteiger partial charge in [-0.15, -0.1) is 6.58 Å². The van der Waals surface area contributed by atoms with E-state index in [4.69, 9.17) is 0 Å². The molecule has 0 aliphatic heterocycles. The first kappa shape index (κ1) is 8.17. The van der Waals surface area contributed by atoms with E-state index in [2.05, 4.69) is 11.3 Å². The van der Waals surface area contributed by atoms with E-state index in [1.54, 1.807) is 12.5 Å². The lowest BCUT2D eigenvalue weighted by Gasteiger charge is -2.10. The summed E-state index contributed by atoms with van der Waals surface area (Å²) in [6.07, 6.45) is 3.31. The van der Waals surface area contributed by atoms with Crippen LogP contribution in [0.5, 0.6) is 0 Å². The fourth-order valence-corrected chi connectivity index (χ4v) is 0.428. The minimum absolute atomic E-state index is 0.273. The Morgan fingerprint density at radius 2 is 2.56 bits per heavy atom. The molecule has 0 aromatic rings. The molecule has 3 heteroatoms. The van der Waals surface area contributed by atoms with Gasteiger partial charge < -0.3 is 9.64 Å². The van der Waals surface area contributed by atoms with Gasteiger partial charge in [0.25, 0.3) is 0 Å². The zero-order valence-corrected chi connectivity index (χ0v) is 5.46. The Labute approximate surface area is 54.9 Å². The number of rotatable bonds is 5. The number of nitrogens with zero attached hydrogens (tertiary/aromatic N) is 1. The molecule has 1 radical (unpaired) electrons. The van der Waals surface area contributed by atoms with Crippen LogP contribution in [0.15, 0.2) is 12.7 Å². The van der Waals surface area contributed by atoms with Gasteiger partial charge in [-0.2, -0.15) is 0 Å². The van der Waals surface area contributed by atoms with Gasteiger partial charge in [-0.1, -0.05) is 6.08 Å². The fraction of sp³-hybridized carbons (Fsp3) is 0.500. The highest BCUT2D eigenvalue weighted by Crippen LogP contribution is 1.81. The van der Waals surface area contributed by atoms with E-state index < -0.39 is 0 Å². The Kier molecular flexibility index (Phi) is 4.82. The molecule has 0 aliphatic rings. The SMILES string of the molecule is C=CCN([C]=O)COC. The third-order valence-corrected chi connectivity index (χ3v) is 0.764. The maximum Gasteiger partial charge on any atom is 0.314 e. The molecule has 0 heterocycles.